The molecule has 3 aliphatic carbocycles. The number of hydrogen-bond donors (Lipinski definition) is 3. The third-order valence-electron chi connectivity index (χ3n) is 9.91. The number of rotatable bonds is 6. The van der Waals surface area contributed by atoms with Gasteiger partial charge >= 0.3 is 0 Å². The molecule has 1 spiro atoms. The SMILES string of the molecule is CC(=Cc1ccccc1)C(=O)N[C@@H]1CC[C@@]2(O)[C@H]3Cc4ccc(C(N)=O)c5c4[C@@]2(CCN3CC2CC2)[C@H]1O5. The van der Waals surface area contributed by atoms with E-state index < -0.39 is 23.0 Å². The average Bonchev–Trinajstić information content (AvgIpc) is 3.64. The van der Waals surface area contributed by atoms with Crippen molar-refractivity contribution in [3.8, 4) is 5.75 Å². The maximum Gasteiger partial charge on any atom is 0.252 e. The first-order valence-electron chi connectivity index (χ1n) is 14.0. The Labute approximate surface area is 223 Å². The number of carbonyl (C=O) groups excluding carboxylic acids is 2. The normalized spacial score (nSPS) is 33.3. The number of amides is 2. The van der Waals surface area contributed by atoms with Crippen molar-refractivity contribution in [3.63, 3.8) is 0 Å². The van der Waals surface area contributed by atoms with Crippen LogP contribution in [0.4, 0.5) is 0 Å². The third-order valence-corrected chi connectivity index (χ3v) is 9.91. The molecule has 2 amide bonds. The van der Waals surface area contributed by atoms with E-state index in [-0.39, 0.29) is 18.0 Å². The quantitative estimate of drug-likeness (QED) is 0.515. The minimum absolute atomic E-state index is 0.00260. The number of aliphatic hydroxyl groups is 1. The van der Waals surface area contributed by atoms with E-state index in [2.05, 4.69) is 10.2 Å². The molecule has 0 aromatic heterocycles. The molecule has 7 heteroatoms. The highest BCUT2D eigenvalue weighted by Gasteiger charge is 2.73. The number of ether oxygens (including phenoxy) is 1. The Morgan fingerprint density at radius 1 is 1.16 bits per heavy atom. The summed E-state index contributed by atoms with van der Waals surface area (Å²) >= 11 is 0. The highest BCUT2D eigenvalue weighted by Crippen LogP contribution is 2.64. The minimum atomic E-state index is -0.991. The molecule has 7 rings (SSSR count). The van der Waals surface area contributed by atoms with Gasteiger partial charge < -0.3 is 20.9 Å². The van der Waals surface area contributed by atoms with Crippen LogP contribution in [0.3, 0.4) is 0 Å². The van der Waals surface area contributed by atoms with Gasteiger partial charge in [0.15, 0.2) is 0 Å². The Balaban J connectivity index is 1.27. The summed E-state index contributed by atoms with van der Waals surface area (Å²) < 4.78 is 6.66. The average molecular weight is 514 g/mol. The second-order valence-corrected chi connectivity index (χ2v) is 12.0. The van der Waals surface area contributed by atoms with Gasteiger partial charge in [-0.1, -0.05) is 36.4 Å². The highest BCUT2D eigenvalue weighted by atomic mass is 16.5. The lowest BCUT2D eigenvalue weighted by atomic mass is 9.48. The summed E-state index contributed by atoms with van der Waals surface area (Å²) in [6, 6.07) is 13.3. The molecule has 198 valence electrons. The van der Waals surface area contributed by atoms with Crippen molar-refractivity contribution in [1.29, 1.82) is 0 Å². The van der Waals surface area contributed by atoms with Crippen molar-refractivity contribution in [2.75, 3.05) is 13.1 Å². The molecule has 5 aliphatic rings. The van der Waals surface area contributed by atoms with E-state index in [9.17, 15) is 14.7 Å². The maximum atomic E-state index is 13.4. The number of benzene rings is 2. The molecule has 2 heterocycles. The first kappa shape index (κ1) is 23.9. The summed E-state index contributed by atoms with van der Waals surface area (Å²) in [5.41, 5.74) is 8.15. The van der Waals surface area contributed by atoms with Gasteiger partial charge in [0.2, 0.25) is 5.91 Å². The van der Waals surface area contributed by atoms with E-state index in [0.29, 0.717) is 29.7 Å². The van der Waals surface area contributed by atoms with E-state index in [4.69, 9.17) is 10.5 Å². The Hall–Kier alpha value is -3.16. The van der Waals surface area contributed by atoms with Crippen molar-refractivity contribution in [2.24, 2.45) is 11.7 Å². The number of nitrogens with one attached hydrogen (secondary N) is 1. The van der Waals surface area contributed by atoms with Crippen LogP contribution in [0.25, 0.3) is 6.08 Å². The fourth-order valence-corrected chi connectivity index (χ4v) is 7.98. The van der Waals surface area contributed by atoms with Gasteiger partial charge in [-0.15, -0.1) is 0 Å². The Morgan fingerprint density at radius 3 is 2.68 bits per heavy atom. The minimum Gasteiger partial charge on any atom is -0.486 e. The second-order valence-electron chi connectivity index (χ2n) is 12.0. The smallest absolute Gasteiger partial charge is 0.252 e. The summed E-state index contributed by atoms with van der Waals surface area (Å²) in [4.78, 5) is 28.3. The van der Waals surface area contributed by atoms with Crippen LogP contribution in [0.5, 0.6) is 5.75 Å². The van der Waals surface area contributed by atoms with Crippen LogP contribution >= 0.6 is 0 Å². The molecule has 4 N–H and O–H groups in total. The number of primary amides is 1. The van der Waals surface area contributed by atoms with Crippen LogP contribution in [0, 0.1) is 5.92 Å². The molecule has 1 saturated heterocycles. The largest absolute Gasteiger partial charge is 0.486 e. The van der Waals surface area contributed by atoms with Crippen molar-refractivity contribution in [2.45, 2.75) is 74.7 Å². The topological polar surface area (TPSA) is 105 Å². The fourth-order valence-electron chi connectivity index (χ4n) is 7.98. The van der Waals surface area contributed by atoms with Crippen LogP contribution in [-0.4, -0.2) is 58.7 Å². The Morgan fingerprint density at radius 2 is 1.95 bits per heavy atom. The molecule has 2 aromatic carbocycles. The zero-order chi connectivity index (χ0) is 26.2. The molecule has 7 nitrogen and oxygen atoms in total. The predicted octanol–water partition coefficient (Wildman–Crippen LogP) is 2.94. The molecule has 2 bridgehead atoms. The van der Waals surface area contributed by atoms with Gasteiger partial charge in [-0.05, 0) is 81.2 Å². The van der Waals surface area contributed by atoms with Gasteiger partial charge in [0.1, 0.15) is 11.9 Å². The van der Waals surface area contributed by atoms with E-state index >= 15 is 0 Å². The Kier molecular flexibility index (Phi) is 5.30. The number of piperidine rings is 1. The van der Waals surface area contributed by atoms with Crippen LogP contribution < -0.4 is 15.8 Å². The zero-order valence-electron chi connectivity index (χ0n) is 21.8. The number of carbonyl (C=O) groups is 2. The van der Waals surface area contributed by atoms with E-state index in [1.807, 2.05) is 49.4 Å². The van der Waals surface area contributed by atoms with Crippen LogP contribution in [0.2, 0.25) is 0 Å². The first-order chi connectivity index (χ1) is 18.3. The third kappa shape index (κ3) is 3.34. The van der Waals surface area contributed by atoms with Crippen LogP contribution in [0.15, 0.2) is 48.0 Å². The van der Waals surface area contributed by atoms with Gasteiger partial charge in [0.05, 0.1) is 22.6 Å². The molecule has 2 saturated carbocycles. The van der Waals surface area contributed by atoms with Crippen molar-refractivity contribution >= 4 is 17.9 Å². The van der Waals surface area contributed by atoms with Gasteiger partial charge in [-0.2, -0.15) is 0 Å². The van der Waals surface area contributed by atoms with E-state index in [1.165, 1.54) is 12.8 Å². The van der Waals surface area contributed by atoms with Crippen LogP contribution in [-0.2, 0) is 16.6 Å². The van der Waals surface area contributed by atoms with Crippen LogP contribution in [0.1, 0.15) is 66.1 Å². The van der Waals surface area contributed by atoms with Crippen molar-refractivity contribution in [1.82, 2.24) is 10.2 Å². The standard InChI is InChI=1S/C31H35N3O4/c1-18(15-19-5-3-2-4-6-19)29(36)33-23-11-12-31(37)24-16-21-9-10-22(28(32)35)26-25(21)30(31,27(23)38-26)13-14-34(24)17-20-7-8-20/h2-6,9-10,15,20,23-24,27,37H,7-8,11-14,16-17H2,1H3,(H2,32,35)(H,33,36)/t23-,24-,27+,30+,31-/m1/s1. The lowest BCUT2D eigenvalue weighted by molar-refractivity contribution is -0.192. The first-order valence-corrected chi connectivity index (χ1v) is 14.0. The van der Waals surface area contributed by atoms with E-state index in [1.54, 1.807) is 6.07 Å². The monoisotopic (exact) mass is 513 g/mol. The lowest BCUT2D eigenvalue weighted by Gasteiger charge is -2.64. The van der Waals surface area contributed by atoms with Gasteiger partial charge in [-0.3, -0.25) is 14.5 Å². The molecule has 0 unspecified atom stereocenters. The summed E-state index contributed by atoms with van der Waals surface area (Å²) in [5, 5.41) is 15.9. The van der Waals surface area contributed by atoms with Gasteiger partial charge in [0.25, 0.3) is 5.91 Å². The highest BCUT2D eigenvalue weighted by molar-refractivity contribution is 5.98. The Bertz CT molecular complexity index is 1350. The summed E-state index contributed by atoms with van der Waals surface area (Å²) in [6.07, 6.45) is 6.60. The molecule has 2 aromatic rings. The summed E-state index contributed by atoms with van der Waals surface area (Å²) in [5.74, 6) is 0.573. The van der Waals surface area contributed by atoms with Gasteiger partial charge in [-0.25, -0.2) is 0 Å². The summed E-state index contributed by atoms with van der Waals surface area (Å²) in [7, 11) is 0. The molecule has 38 heavy (non-hydrogen) atoms. The fraction of sp³-hybridized carbons (Fsp3) is 0.484. The zero-order valence-corrected chi connectivity index (χ0v) is 21.8. The second kappa shape index (κ2) is 8.42. The number of nitrogens with zero attached hydrogens (tertiary/aromatic N) is 1. The number of hydrogen-bond acceptors (Lipinski definition) is 5. The van der Waals surface area contributed by atoms with E-state index in [0.717, 1.165) is 48.5 Å². The summed E-state index contributed by atoms with van der Waals surface area (Å²) in [6.45, 7) is 3.72. The molecule has 0 radical (unpaired) electrons. The number of nitrogens with two attached hydrogens (primary N) is 1. The van der Waals surface area contributed by atoms with Gasteiger partial charge in [0, 0.05) is 23.7 Å². The number of likely N-dealkylation sites (tertiary alicyclic amines) is 1. The molecular formula is C31H35N3O4. The van der Waals surface area contributed by atoms with Crippen molar-refractivity contribution in [3.05, 3.63) is 70.3 Å². The molecule has 3 fully saturated rings. The van der Waals surface area contributed by atoms with Crippen molar-refractivity contribution < 1.29 is 19.4 Å². The predicted molar refractivity (Wildman–Crippen MR) is 144 cm³/mol. The molecule has 5 atom stereocenters. The molecule has 2 aliphatic heterocycles. The lowest BCUT2D eigenvalue weighted by Crippen LogP contribution is -2.78. The maximum absolute atomic E-state index is 13.4. The molecular weight excluding hydrogens is 478 g/mol.